The maximum atomic E-state index is 13.6. The van der Waals surface area contributed by atoms with E-state index in [1.807, 2.05) is 0 Å². The van der Waals surface area contributed by atoms with E-state index in [0.717, 1.165) is 26.1 Å². The molecule has 4 heteroatoms. The Morgan fingerprint density at radius 2 is 1.95 bits per heavy atom. The average molecular weight is 295 g/mol. The highest BCUT2D eigenvalue weighted by molar-refractivity contribution is 5.23. The van der Waals surface area contributed by atoms with Gasteiger partial charge in [0.05, 0.1) is 0 Å². The van der Waals surface area contributed by atoms with Gasteiger partial charge in [-0.1, -0.05) is 32.9 Å². The van der Waals surface area contributed by atoms with E-state index in [1.54, 1.807) is 18.2 Å². The number of ether oxygens (including phenoxy) is 2. The molecule has 3 nitrogen and oxygen atoms in total. The normalized spacial score (nSPS) is 18.5. The Kier molecular flexibility index (Phi) is 5.59. The van der Waals surface area contributed by atoms with Crippen molar-refractivity contribution in [2.75, 3.05) is 19.8 Å². The monoisotopic (exact) mass is 295 g/mol. The molecule has 1 aromatic rings. The first-order chi connectivity index (χ1) is 9.97. The molecule has 1 heterocycles. The molecular formula is C17H26FNO2. The molecule has 1 saturated heterocycles. The Bertz CT molecular complexity index is 439. The maximum Gasteiger partial charge on any atom is 0.165 e. The molecule has 0 saturated carbocycles. The lowest BCUT2D eigenvalue weighted by molar-refractivity contribution is 0.0625. The van der Waals surface area contributed by atoms with Gasteiger partial charge in [0.25, 0.3) is 0 Å². The van der Waals surface area contributed by atoms with Gasteiger partial charge in [-0.15, -0.1) is 0 Å². The lowest BCUT2D eigenvalue weighted by Crippen LogP contribution is -2.50. The van der Waals surface area contributed by atoms with Gasteiger partial charge in [0.15, 0.2) is 11.6 Å². The number of hydrogen-bond acceptors (Lipinski definition) is 3. The van der Waals surface area contributed by atoms with Crippen molar-refractivity contribution in [3.8, 4) is 5.75 Å². The number of halogens is 1. The van der Waals surface area contributed by atoms with Crippen LogP contribution in [0, 0.1) is 11.2 Å². The Morgan fingerprint density at radius 1 is 1.29 bits per heavy atom. The predicted octanol–water partition coefficient (Wildman–Crippen LogP) is 3.39. The highest BCUT2D eigenvalue weighted by atomic mass is 19.1. The molecule has 0 radical (unpaired) electrons. The molecule has 0 aliphatic carbocycles. The third kappa shape index (κ3) is 4.97. The van der Waals surface area contributed by atoms with E-state index in [9.17, 15) is 4.39 Å². The van der Waals surface area contributed by atoms with Crippen LogP contribution in [-0.4, -0.2) is 31.9 Å². The summed E-state index contributed by atoms with van der Waals surface area (Å²) in [4.78, 5) is 0. The molecule has 0 bridgehead atoms. The smallest absolute Gasteiger partial charge is 0.165 e. The predicted molar refractivity (Wildman–Crippen MR) is 82.1 cm³/mol. The summed E-state index contributed by atoms with van der Waals surface area (Å²) in [5, 5.41) is 3.66. The molecule has 118 valence electrons. The lowest BCUT2D eigenvalue weighted by atomic mass is 9.86. The van der Waals surface area contributed by atoms with Crippen LogP contribution in [0.25, 0.3) is 0 Å². The van der Waals surface area contributed by atoms with E-state index >= 15 is 0 Å². The summed E-state index contributed by atoms with van der Waals surface area (Å²) in [6.07, 6.45) is 2.04. The van der Waals surface area contributed by atoms with Crippen LogP contribution in [0.3, 0.4) is 0 Å². The molecule has 0 unspecified atom stereocenters. The number of benzene rings is 1. The second-order valence-corrected chi connectivity index (χ2v) is 6.71. The molecule has 1 aromatic carbocycles. The maximum absolute atomic E-state index is 13.6. The van der Waals surface area contributed by atoms with E-state index in [0.29, 0.717) is 18.4 Å². The van der Waals surface area contributed by atoms with E-state index < -0.39 is 0 Å². The summed E-state index contributed by atoms with van der Waals surface area (Å²) in [5.41, 5.74) is 0.0452. The first-order valence-corrected chi connectivity index (χ1v) is 7.68. The minimum atomic E-state index is -0.309. The molecule has 1 atom stereocenters. The Labute approximate surface area is 126 Å². The van der Waals surface area contributed by atoms with Crippen LogP contribution in [0.1, 0.15) is 33.6 Å². The van der Waals surface area contributed by atoms with Crippen molar-refractivity contribution in [1.29, 1.82) is 0 Å². The highest BCUT2D eigenvalue weighted by Gasteiger charge is 2.28. The van der Waals surface area contributed by atoms with Gasteiger partial charge in [0, 0.05) is 25.3 Å². The molecule has 0 amide bonds. The fourth-order valence-corrected chi connectivity index (χ4v) is 2.43. The molecule has 0 spiro atoms. The van der Waals surface area contributed by atoms with Crippen molar-refractivity contribution >= 4 is 0 Å². The fourth-order valence-electron chi connectivity index (χ4n) is 2.43. The fraction of sp³-hybridized carbons (Fsp3) is 0.647. The molecule has 21 heavy (non-hydrogen) atoms. The third-order valence-electron chi connectivity index (χ3n) is 3.95. The molecule has 1 N–H and O–H groups in total. The van der Waals surface area contributed by atoms with Crippen LogP contribution >= 0.6 is 0 Å². The average Bonchev–Trinajstić information content (AvgIpc) is 2.45. The van der Waals surface area contributed by atoms with Crippen LogP contribution in [0.15, 0.2) is 24.3 Å². The van der Waals surface area contributed by atoms with E-state index in [4.69, 9.17) is 9.47 Å². The quantitative estimate of drug-likeness (QED) is 0.903. The molecule has 2 rings (SSSR count). The second kappa shape index (κ2) is 7.23. The summed E-state index contributed by atoms with van der Waals surface area (Å²) in [6, 6.07) is 7.17. The molecule has 1 aliphatic rings. The number of para-hydroxylation sites is 1. The van der Waals surface area contributed by atoms with Gasteiger partial charge in [0.1, 0.15) is 6.61 Å². The number of rotatable bonds is 5. The van der Waals surface area contributed by atoms with Crippen LogP contribution < -0.4 is 10.1 Å². The summed E-state index contributed by atoms with van der Waals surface area (Å²) in [6.45, 7) is 8.60. The largest absolute Gasteiger partial charge is 0.489 e. The van der Waals surface area contributed by atoms with E-state index in [1.165, 1.54) is 6.07 Å². The van der Waals surface area contributed by atoms with Gasteiger partial charge in [-0.25, -0.2) is 4.39 Å². The van der Waals surface area contributed by atoms with Crippen molar-refractivity contribution in [2.45, 2.75) is 45.7 Å². The van der Waals surface area contributed by atoms with E-state index in [-0.39, 0.29) is 17.3 Å². The first-order valence-electron chi connectivity index (χ1n) is 7.68. The van der Waals surface area contributed by atoms with Gasteiger partial charge >= 0.3 is 0 Å². The van der Waals surface area contributed by atoms with Gasteiger partial charge < -0.3 is 14.8 Å². The van der Waals surface area contributed by atoms with Crippen molar-refractivity contribution < 1.29 is 13.9 Å². The first kappa shape index (κ1) is 16.2. The second-order valence-electron chi connectivity index (χ2n) is 6.71. The minimum absolute atomic E-state index is 0.0452. The zero-order valence-electron chi connectivity index (χ0n) is 13.2. The molecule has 1 aliphatic heterocycles. The zero-order chi connectivity index (χ0) is 15.3. The van der Waals surface area contributed by atoms with Gasteiger partial charge in [-0.3, -0.25) is 0 Å². The zero-order valence-corrected chi connectivity index (χ0v) is 13.2. The summed E-state index contributed by atoms with van der Waals surface area (Å²) >= 11 is 0. The van der Waals surface area contributed by atoms with Gasteiger partial charge in [-0.05, 0) is 30.4 Å². The Morgan fingerprint density at radius 3 is 2.57 bits per heavy atom. The number of nitrogens with one attached hydrogen (secondary N) is 1. The third-order valence-corrected chi connectivity index (χ3v) is 3.95. The molecule has 1 fully saturated rings. The van der Waals surface area contributed by atoms with Crippen LogP contribution in [0.2, 0.25) is 0 Å². The standard InChI is InChI=1S/C17H26FNO2/c1-17(2,3)16(19-13-8-10-20-11-9-13)12-21-15-7-5-4-6-14(15)18/h4-7,13,16,19H,8-12H2,1-3H3/t16-/m1/s1. The summed E-state index contributed by atoms with van der Waals surface area (Å²) in [7, 11) is 0. The SMILES string of the molecule is CC(C)(C)[C@@H](COc1ccccc1F)NC1CCOCC1. The van der Waals surface area contributed by atoms with E-state index in [2.05, 4.69) is 26.1 Å². The van der Waals surface area contributed by atoms with Crippen LogP contribution in [-0.2, 0) is 4.74 Å². The Balaban J connectivity index is 1.95. The highest BCUT2D eigenvalue weighted by Crippen LogP contribution is 2.23. The summed E-state index contributed by atoms with van der Waals surface area (Å²) in [5.74, 6) is 0.0109. The summed E-state index contributed by atoms with van der Waals surface area (Å²) < 4.78 is 24.7. The Hall–Kier alpha value is -1.13. The minimum Gasteiger partial charge on any atom is -0.489 e. The van der Waals surface area contributed by atoms with Crippen LogP contribution in [0.5, 0.6) is 5.75 Å². The molecular weight excluding hydrogens is 269 g/mol. The number of hydrogen-bond donors (Lipinski definition) is 1. The van der Waals surface area contributed by atoms with Crippen molar-refractivity contribution in [3.63, 3.8) is 0 Å². The van der Waals surface area contributed by atoms with Crippen LogP contribution in [0.4, 0.5) is 4.39 Å². The van der Waals surface area contributed by atoms with Crippen molar-refractivity contribution in [3.05, 3.63) is 30.1 Å². The topological polar surface area (TPSA) is 30.5 Å². The van der Waals surface area contributed by atoms with Gasteiger partial charge in [0.2, 0.25) is 0 Å². The molecule has 0 aromatic heterocycles. The van der Waals surface area contributed by atoms with Crippen molar-refractivity contribution in [1.82, 2.24) is 5.32 Å². The van der Waals surface area contributed by atoms with Crippen molar-refractivity contribution in [2.24, 2.45) is 5.41 Å². The lowest BCUT2D eigenvalue weighted by Gasteiger charge is -2.36. The van der Waals surface area contributed by atoms with Gasteiger partial charge in [-0.2, -0.15) is 0 Å².